The van der Waals surface area contributed by atoms with Crippen LogP contribution in [-0.4, -0.2) is 10.8 Å². The molecule has 0 aromatic heterocycles. The molecule has 7 heteroatoms. The molecule has 0 unspecified atom stereocenters. The molecule has 1 N–H and O–H groups in total. The number of nitrogens with zero attached hydrogens (tertiary/aromatic N) is 2. The molecule has 0 bridgehead atoms. The van der Waals surface area contributed by atoms with E-state index in [-0.39, 0.29) is 17.7 Å². The van der Waals surface area contributed by atoms with Gasteiger partial charge in [0.1, 0.15) is 11.6 Å². The second kappa shape index (κ2) is 7.56. The molecule has 24 heavy (non-hydrogen) atoms. The number of nitro groups is 1. The number of hydrogen-bond acceptors (Lipinski definition) is 5. The Morgan fingerprint density at radius 3 is 2.58 bits per heavy atom. The molecule has 0 saturated heterocycles. The van der Waals surface area contributed by atoms with E-state index < -0.39 is 22.3 Å². The predicted octanol–water partition coefficient (Wildman–Crippen LogP) is 1.89. The summed E-state index contributed by atoms with van der Waals surface area (Å²) in [6.45, 7) is 0.248. The number of carbonyl (C=O) groups excluding carboxylic acids is 1. The smallest absolute Gasteiger partial charge is 0.262 e. The van der Waals surface area contributed by atoms with Crippen LogP contribution in [0.25, 0.3) is 6.08 Å². The van der Waals surface area contributed by atoms with Gasteiger partial charge in [-0.2, -0.15) is 5.26 Å². The SMILES string of the molecule is N#C/C(=C/c1ccc([O-])c([N+](=O)[O-])c1)C(=O)NCc1ccccc1. The van der Waals surface area contributed by atoms with E-state index >= 15 is 0 Å². The van der Waals surface area contributed by atoms with Gasteiger partial charge in [0.05, 0.1) is 4.92 Å². The van der Waals surface area contributed by atoms with Crippen LogP contribution >= 0.6 is 0 Å². The van der Waals surface area contributed by atoms with E-state index in [9.17, 15) is 20.0 Å². The van der Waals surface area contributed by atoms with E-state index in [1.807, 2.05) is 30.3 Å². The van der Waals surface area contributed by atoms with Gasteiger partial charge in [-0.05, 0) is 23.0 Å². The molecule has 0 atom stereocenters. The molecule has 0 heterocycles. The molecule has 0 aliphatic rings. The number of amides is 1. The average Bonchev–Trinajstić information content (AvgIpc) is 2.59. The number of nitrogens with one attached hydrogen (secondary N) is 1. The second-order valence-electron chi connectivity index (χ2n) is 4.82. The zero-order chi connectivity index (χ0) is 17.5. The fourth-order valence-electron chi connectivity index (χ4n) is 1.96. The number of carbonyl (C=O) groups is 1. The van der Waals surface area contributed by atoms with Gasteiger partial charge in [-0.15, -0.1) is 0 Å². The molecule has 0 aliphatic carbocycles. The van der Waals surface area contributed by atoms with E-state index in [0.29, 0.717) is 0 Å². The van der Waals surface area contributed by atoms with Gasteiger partial charge >= 0.3 is 0 Å². The molecular formula is C17H12N3O4-. The third-order valence-electron chi connectivity index (χ3n) is 3.15. The summed E-state index contributed by atoms with van der Waals surface area (Å²) in [5, 5.41) is 33.8. The quantitative estimate of drug-likeness (QED) is 0.390. The molecule has 2 rings (SSSR count). The van der Waals surface area contributed by atoms with Crippen LogP contribution in [0.1, 0.15) is 11.1 Å². The van der Waals surface area contributed by atoms with Gasteiger partial charge in [-0.1, -0.05) is 42.5 Å². The van der Waals surface area contributed by atoms with Gasteiger partial charge in [0, 0.05) is 12.6 Å². The van der Waals surface area contributed by atoms with E-state index in [1.54, 1.807) is 6.07 Å². The molecule has 2 aromatic carbocycles. The maximum absolute atomic E-state index is 12.0. The number of nitro benzene ring substituents is 1. The summed E-state index contributed by atoms with van der Waals surface area (Å²) in [6, 6.07) is 14.3. The molecule has 2 aromatic rings. The average molecular weight is 322 g/mol. The normalized spacial score (nSPS) is 10.7. The fourth-order valence-corrected chi connectivity index (χ4v) is 1.96. The Bertz CT molecular complexity index is 839. The summed E-state index contributed by atoms with van der Waals surface area (Å²) in [7, 11) is 0. The van der Waals surface area contributed by atoms with Crippen molar-refractivity contribution in [2.24, 2.45) is 0 Å². The van der Waals surface area contributed by atoms with E-state index in [2.05, 4.69) is 5.32 Å². The first-order valence-corrected chi connectivity index (χ1v) is 6.90. The van der Waals surface area contributed by atoms with Gasteiger partial charge in [0.15, 0.2) is 0 Å². The van der Waals surface area contributed by atoms with Gasteiger partial charge in [-0.25, -0.2) is 0 Å². The largest absolute Gasteiger partial charge is 0.868 e. The van der Waals surface area contributed by atoms with Gasteiger partial charge in [0.2, 0.25) is 0 Å². The van der Waals surface area contributed by atoms with E-state index in [0.717, 1.165) is 17.7 Å². The minimum absolute atomic E-state index is 0.209. The summed E-state index contributed by atoms with van der Waals surface area (Å²) in [6.07, 6.45) is 1.20. The maximum atomic E-state index is 12.0. The molecule has 0 saturated carbocycles. The van der Waals surface area contributed by atoms with Crippen molar-refractivity contribution in [1.29, 1.82) is 5.26 Å². The lowest BCUT2D eigenvalue weighted by atomic mass is 10.1. The molecule has 7 nitrogen and oxygen atoms in total. The Kier molecular flexibility index (Phi) is 5.26. The summed E-state index contributed by atoms with van der Waals surface area (Å²) < 4.78 is 0. The van der Waals surface area contributed by atoms with Crippen molar-refractivity contribution >= 4 is 17.7 Å². The molecular weight excluding hydrogens is 310 g/mol. The third kappa shape index (κ3) is 4.18. The Balaban J connectivity index is 2.17. The van der Waals surface area contributed by atoms with Crippen molar-refractivity contribution in [2.75, 3.05) is 0 Å². The van der Waals surface area contributed by atoms with Gasteiger partial charge in [0.25, 0.3) is 11.6 Å². The highest BCUT2D eigenvalue weighted by atomic mass is 16.6. The van der Waals surface area contributed by atoms with Crippen molar-refractivity contribution < 1.29 is 14.8 Å². The van der Waals surface area contributed by atoms with Crippen molar-refractivity contribution in [1.82, 2.24) is 5.32 Å². The zero-order valence-corrected chi connectivity index (χ0v) is 12.4. The first kappa shape index (κ1) is 16.7. The van der Waals surface area contributed by atoms with E-state index in [1.165, 1.54) is 12.1 Å². The minimum Gasteiger partial charge on any atom is -0.868 e. The Morgan fingerprint density at radius 1 is 1.25 bits per heavy atom. The Hall–Kier alpha value is -3.66. The van der Waals surface area contributed by atoms with Crippen LogP contribution in [0.2, 0.25) is 0 Å². The number of benzene rings is 2. The van der Waals surface area contributed by atoms with Crippen molar-refractivity contribution in [3.63, 3.8) is 0 Å². The molecule has 0 fully saturated rings. The molecule has 0 radical (unpaired) electrons. The summed E-state index contributed by atoms with van der Waals surface area (Å²) in [4.78, 5) is 22.0. The predicted molar refractivity (Wildman–Crippen MR) is 84.4 cm³/mol. The Labute approximate surface area is 137 Å². The van der Waals surface area contributed by atoms with Crippen LogP contribution in [0.5, 0.6) is 5.75 Å². The lowest BCUT2D eigenvalue weighted by Crippen LogP contribution is -2.23. The first-order chi connectivity index (χ1) is 11.5. The van der Waals surface area contributed by atoms with Crippen LogP contribution in [0.15, 0.2) is 54.1 Å². The van der Waals surface area contributed by atoms with Crippen molar-refractivity contribution in [3.8, 4) is 11.8 Å². The monoisotopic (exact) mass is 322 g/mol. The third-order valence-corrected chi connectivity index (χ3v) is 3.15. The highest BCUT2D eigenvalue weighted by molar-refractivity contribution is 6.01. The van der Waals surface area contributed by atoms with Gasteiger partial charge < -0.3 is 10.4 Å². The van der Waals surface area contributed by atoms with Crippen LogP contribution in [0.4, 0.5) is 5.69 Å². The van der Waals surface area contributed by atoms with Gasteiger partial charge in [-0.3, -0.25) is 14.9 Å². The van der Waals surface area contributed by atoms with Crippen LogP contribution in [-0.2, 0) is 11.3 Å². The van der Waals surface area contributed by atoms with Crippen molar-refractivity contribution in [3.05, 3.63) is 75.3 Å². The molecule has 120 valence electrons. The van der Waals surface area contributed by atoms with E-state index in [4.69, 9.17) is 5.26 Å². The minimum atomic E-state index is -0.804. The second-order valence-corrected chi connectivity index (χ2v) is 4.82. The zero-order valence-electron chi connectivity index (χ0n) is 12.4. The molecule has 0 aliphatic heterocycles. The lowest BCUT2D eigenvalue weighted by Gasteiger charge is -2.07. The Morgan fingerprint density at radius 2 is 1.96 bits per heavy atom. The van der Waals surface area contributed by atoms with Crippen LogP contribution in [0, 0.1) is 21.4 Å². The summed E-state index contributed by atoms with van der Waals surface area (Å²) >= 11 is 0. The maximum Gasteiger partial charge on any atom is 0.262 e. The lowest BCUT2D eigenvalue weighted by molar-refractivity contribution is -0.398. The summed E-state index contributed by atoms with van der Waals surface area (Å²) in [5.41, 5.74) is 0.284. The molecule has 1 amide bonds. The van der Waals surface area contributed by atoms with Crippen LogP contribution in [0.3, 0.4) is 0 Å². The highest BCUT2D eigenvalue weighted by Gasteiger charge is 2.11. The first-order valence-electron chi connectivity index (χ1n) is 6.90. The number of nitriles is 1. The number of rotatable bonds is 5. The summed E-state index contributed by atoms with van der Waals surface area (Å²) in [5.74, 6) is -1.33. The molecule has 0 spiro atoms. The standard InChI is InChI=1S/C17H13N3O4/c18-10-14(17(22)19-11-12-4-2-1-3-5-12)8-13-6-7-16(21)15(9-13)20(23)24/h1-9,21H,11H2,(H,19,22)/p-1/b14-8-. The van der Waals surface area contributed by atoms with Crippen LogP contribution < -0.4 is 10.4 Å². The fraction of sp³-hybridized carbons (Fsp3) is 0.0588. The topological polar surface area (TPSA) is 119 Å². The highest BCUT2D eigenvalue weighted by Crippen LogP contribution is 2.24. The van der Waals surface area contributed by atoms with Crippen molar-refractivity contribution in [2.45, 2.75) is 6.54 Å². The number of hydrogen-bond donors (Lipinski definition) is 1.